The van der Waals surface area contributed by atoms with Crippen LogP contribution in [0.15, 0.2) is 36.2 Å². The van der Waals surface area contributed by atoms with Gasteiger partial charge in [-0.15, -0.1) is 11.3 Å². The van der Waals surface area contributed by atoms with Crippen molar-refractivity contribution in [2.75, 3.05) is 0 Å². The number of Topliss-reactive ketones (excluding diaryl/α,β-unsaturated/α-hetero) is 1. The van der Waals surface area contributed by atoms with Crippen molar-refractivity contribution in [3.05, 3.63) is 64.0 Å². The van der Waals surface area contributed by atoms with E-state index in [1.165, 1.54) is 34.4 Å². The summed E-state index contributed by atoms with van der Waals surface area (Å²) in [6.07, 6.45) is 4.46. The zero-order valence-corrected chi connectivity index (χ0v) is 14.9. The second-order valence-electron chi connectivity index (χ2n) is 5.94. The number of rotatable bonds is 4. The van der Waals surface area contributed by atoms with Gasteiger partial charge in [-0.2, -0.15) is 5.10 Å². The van der Waals surface area contributed by atoms with Gasteiger partial charge in [0.05, 0.1) is 18.2 Å². The highest BCUT2D eigenvalue weighted by molar-refractivity contribution is 7.09. The van der Waals surface area contributed by atoms with Gasteiger partial charge in [0.2, 0.25) is 0 Å². The fraction of sp³-hybridized carbons (Fsp3) is 0.167. The molecule has 26 heavy (non-hydrogen) atoms. The molecule has 130 valence electrons. The van der Waals surface area contributed by atoms with E-state index < -0.39 is 5.82 Å². The number of thiazole rings is 1. The van der Waals surface area contributed by atoms with Crippen molar-refractivity contribution < 1.29 is 9.18 Å². The smallest absolute Gasteiger partial charge is 0.173 e. The van der Waals surface area contributed by atoms with Crippen molar-refractivity contribution in [1.29, 1.82) is 0 Å². The lowest BCUT2D eigenvalue weighted by Gasteiger charge is -2.09. The van der Waals surface area contributed by atoms with Crippen LogP contribution < -0.4 is 0 Å². The summed E-state index contributed by atoms with van der Waals surface area (Å²) in [6.45, 7) is 3.68. The number of ketones is 1. The Morgan fingerprint density at radius 2 is 2.12 bits per heavy atom. The molecule has 0 aliphatic carbocycles. The third-order valence-electron chi connectivity index (χ3n) is 4.02. The lowest BCUT2D eigenvalue weighted by atomic mass is 10.0. The first-order valence-electron chi connectivity index (χ1n) is 7.91. The molecular formula is C18H14FN5OS. The lowest BCUT2D eigenvalue weighted by Crippen LogP contribution is -2.07. The number of pyridine rings is 2. The molecule has 4 aromatic rings. The Hall–Kier alpha value is -3.00. The molecule has 0 aliphatic rings. The molecule has 4 heterocycles. The summed E-state index contributed by atoms with van der Waals surface area (Å²) in [5.74, 6) is -0.545. The van der Waals surface area contributed by atoms with Crippen LogP contribution in [-0.2, 0) is 6.42 Å². The van der Waals surface area contributed by atoms with Crippen LogP contribution in [0, 0.1) is 19.7 Å². The van der Waals surface area contributed by atoms with Crippen LogP contribution in [0.25, 0.3) is 16.8 Å². The quantitative estimate of drug-likeness (QED) is 0.517. The van der Waals surface area contributed by atoms with Crippen molar-refractivity contribution in [1.82, 2.24) is 24.6 Å². The zero-order valence-electron chi connectivity index (χ0n) is 14.1. The predicted octanol–water partition coefficient (Wildman–Crippen LogP) is 3.43. The molecule has 0 amide bonds. The van der Waals surface area contributed by atoms with Crippen LogP contribution in [0.3, 0.4) is 0 Å². The first-order chi connectivity index (χ1) is 12.5. The number of nitrogens with zero attached hydrogens (tertiary/aromatic N) is 5. The Morgan fingerprint density at radius 1 is 1.27 bits per heavy atom. The number of hydrogen-bond donors (Lipinski definition) is 0. The van der Waals surface area contributed by atoms with Crippen LogP contribution in [0.1, 0.15) is 26.8 Å². The molecule has 0 atom stereocenters. The normalized spacial score (nSPS) is 11.2. The van der Waals surface area contributed by atoms with Gasteiger partial charge in [0, 0.05) is 34.1 Å². The van der Waals surface area contributed by atoms with Gasteiger partial charge in [-0.1, -0.05) is 0 Å². The van der Waals surface area contributed by atoms with Crippen LogP contribution in [0.5, 0.6) is 0 Å². The summed E-state index contributed by atoms with van der Waals surface area (Å²) in [5.41, 5.74) is 3.72. The Kier molecular flexibility index (Phi) is 4.04. The van der Waals surface area contributed by atoms with Crippen molar-refractivity contribution in [2.45, 2.75) is 20.3 Å². The van der Waals surface area contributed by atoms with Gasteiger partial charge in [-0.25, -0.2) is 18.9 Å². The van der Waals surface area contributed by atoms with E-state index in [-0.39, 0.29) is 12.2 Å². The molecule has 4 rings (SSSR count). The number of fused-ring (bicyclic) bond motifs is 1. The third kappa shape index (κ3) is 2.99. The van der Waals surface area contributed by atoms with Crippen LogP contribution in [0.2, 0.25) is 0 Å². The van der Waals surface area contributed by atoms with Gasteiger partial charge < -0.3 is 0 Å². The van der Waals surface area contributed by atoms with Gasteiger partial charge in [0.15, 0.2) is 11.4 Å². The maximum atomic E-state index is 13.7. The molecule has 8 heteroatoms. The second-order valence-corrected chi connectivity index (χ2v) is 6.88. The summed E-state index contributed by atoms with van der Waals surface area (Å²) in [5, 5.41) is 6.80. The average molecular weight is 367 g/mol. The molecule has 0 unspecified atom stereocenters. The Labute approximate surface area is 152 Å². The van der Waals surface area contributed by atoms with Crippen LogP contribution in [-0.4, -0.2) is 30.3 Å². The summed E-state index contributed by atoms with van der Waals surface area (Å²) >= 11 is 1.45. The Bertz CT molecular complexity index is 1130. The van der Waals surface area contributed by atoms with E-state index in [9.17, 15) is 9.18 Å². The van der Waals surface area contributed by atoms with E-state index >= 15 is 0 Å². The number of hydrogen-bond acceptors (Lipinski definition) is 6. The minimum absolute atomic E-state index is 0.110. The largest absolute Gasteiger partial charge is 0.294 e. The maximum absolute atomic E-state index is 13.7. The molecule has 0 saturated carbocycles. The van der Waals surface area contributed by atoms with E-state index in [1.54, 1.807) is 19.2 Å². The first kappa shape index (κ1) is 16.5. The summed E-state index contributed by atoms with van der Waals surface area (Å²) in [7, 11) is 0. The third-order valence-corrected chi connectivity index (χ3v) is 4.99. The zero-order chi connectivity index (χ0) is 18.3. The minimum atomic E-state index is -0.435. The average Bonchev–Trinajstić information content (AvgIpc) is 3.24. The van der Waals surface area contributed by atoms with E-state index in [1.807, 2.05) is 12.3 Å². The van der Waals surface area contributed by atoms with Gasteiger partial charge in [0.25, 0.3) is 0 Å². The van der Waals surface area contributed by atoms with E-state index in [4.69, 9.17) is 0 Å². The lowest BCUT2D eigenvalue weighted by molar-refractivity contribution is 0.0994. The summed E-state index contributed by atoms with van der Waals surface area (Å²) in [6, 6.07) is 3.12. The predicted molar refractivity (Wildman–Crippen MR) is 95.8 cm³/mol. The van der Waals surface area contributed by atoms with E-state index in [0.717, 1.165) is 10.7 Å². The highest BCUT2D eigenvalue weighted by Gasteiger charge is 2.18. The molecule has 0 N–H and O–H groups in total. The maximum Gasteiger partial charge on any atom is 0.173 e. The highest BCUT2D eigenvalue weighted by Crippen LogP contribution is 2.26. The van der Waals surface area contributed by atoms with Crippen LogP contribution >= 0.6 is 11.3 Å². The molecule has 0 fully saturated rings. The second kappa shape index (κ2) is 6.38. The number of halogens is 1. The SMILES string of the molecule is Cc1csc(CC(=O)c2cc(-c3cc(F)cnc3C)cn3ncnc23)n1. The monoisotopic (exact) mass is 367 g/mol. The fourth-order valence-corrected chi connectivity index (χ4v) is 3.57. The molecule has 0 radical (unpaired) electrons. The molecule has 4 aromatic heterocycles. The topological polar surface area (TPSA) is 73.0 Å². The molecule has 0 aliphatic heterocycles. The number of carbonyl (C=O) groups is 1. The number of aromatic nitrogens is 5. The van der Waals surface area contributed by atoms with Gasteiger partial charge in [0.1, 0.15) is 17.2 Å². The minimum Gasteiger partial charge on any atom is -0.294 e. The molecular weight excluding hydrogens is 353 g/mol. The Morgan fingerprint density at radius 3 is 2.88 bits per heavy atom. The van der Waals surface area contributed by atoms with Gasteiger partial charge >= 0.3 is 0 Å². The summed E-state index contributed by atoms with van der Waals surface area (Å²) < 4.78 is 15.2. The van der Waals surface area contributed by atoms with Crippen LogP contribution in [0.4, 0.5) is 4.39 Å². The highest BCUT2D eigenvalue weighted by atomic mass is 32.1. The number of aryl methyl sites for hydroxylation is 2. The van der Waals surface area contributed by atoms with Gasteiger partial charge in [-0.3, -0.25) is 9.78 Å². The van der Waals surface area contributed by atoms with Crippen molar-refractivity contribution in [2.24, 2.45) is 0 Å². The Balaban J connectivity index is 1.82. The molecule has 0 spiro atoms. The molecule has 0 saturated heterocycles. The van der Waals surface area contributed by atoms with E-state index in [0.29, 0.717) is 28.0 Å². The summed E-state index contributed by atoms with van der Waals surface area (Å²) in [4.78, 5) is 25.5. The van der Waals surface area contributed by atoms with Crippen molar-refractivity contribution >= 4 is 22.8 Å². The first-order valence-corrected chi connectivity index (χ1v) is 8.79. The standard InChI is InChI=1S/C18H14FN5OS/c1-10-8-26-17(23-10)5-16(25)15-3-12(7-24-18(15)21-9-22-24)14-4-13(19)6-20-11(14)2/h3-4,6-9H,5H2,1-2H3. The fourth-order valence-electron chi connectivity index (χ4n) is 2.80. The van der Waals surface area contributed by atoms with E-state index in [2.05, 4.69) is 20.1 Å². The van der Waals surface area contributed by atoms with Gasteiger partial charge in [-0.05, 0) is 26.0 Å². The van der Waals surface area contributed by atoms with Crippen molar-refractivity contribution in [3.63, 3.8) is 0 Å². The van der Waals surface area contributed by atoms with Crippen molar-refractivity contribution in [3.8, 4) is 11.1 Å². The molecule has 0 aromatic carbocycles. The molecule has 6 nitrogen and oxygen atoms in total. The molecule has 0 bridgehead atoms. The number of carbonyl (C=O) groups excluding carboxylic acids is 1.